The van der Waals surface area contributed by atoms with Gasteiger partial charge >= 0.3 is 0 Å². The van der Waals surface area contributed by atoms with Gasteiger partial charge in [0, 0.05) is 17.3 Å². The van der Waals surface area contributed by atoms with Crippen LogP contribution in [0.25, 0.3) is 11.1 Å². The molecule has 0 spiro atoms. The van der Waals surface area contributed by atoms with Crippen molar-refractivity contribution in [2.75, 3.05) is 5.73 Å². The second-order valence-electron chi connectivity index (χ2n) is 4.28. The highest BCUT2D eigenvalue weighted by atomic mass is 16.5. The molecule has 2 aromatic carbocycles. The molecule has 0 heterocycles. The smallest absolute Gasteiger partial charge is 0.121 e. The first kappa shape index (κ1) is 11.5. The van der Waals surface area contributed by atoms with Crippen LogP contribution < -0.4 is 10.5 Å². The molecule has 2 heteroatoms. The van der Waals surface area contributed by atoms with Crippen molar-refractivity contribution in [3.8, 4) is 16.9 Å². The van der Waals surface area contributed by atoms with Crippen LogP contribution in [0.15, 0.2) is 48.5 Å². The average Bonchev–Trinajstić information content (AvgIpc) is 2.29. The molecule has 2 aromatic rings. The molecule has 0 saturated heterocycles. The number of hydrogen-bond acceptors (Lipinski definition) is 2. The zero-order valence-electron chi connectivity index (χ0n) is 10.2. The van der Waals surface area contributed by atoms with Crippen LogP contribution in [0.5, 0.6) is 5.75 Å². The van der Waals surface area contributed by atoms with E-state index in [1.165, 1.54) is 0 Å². The van der Waals surface area contributed by atoms with Gasteiger partial charge < -0.3 is 10.5 Å². The van der Waals surface area contributed by atoms with Crippen LogP contribution in [0.1, 0.15) is 13.8 Å². The van der Waals surface area contributed by atoms with Gasteiger partial charge in [-0.3, -0.25) is 0 Å². The summed E-state index contributed by atoms with van der Waals surface area (Å²) in [4.78, 5) is 0. The maximum absolute atomic E-state index is 6.05. The van der Waals surface area contributed by atoms with Crippen molar-refractivity contribution < 1.29 is 4.74 Å². The number of ether oxygens (including phenoxy) is 1. The summed E-state index contributed by atoms with van der Waals surface area (Å²) in [5.74, 6) is 0.817. The van der Waals surface area contributed by atoms with Crippen molar-refractivity contribution in [1.82, 2.24) is 0 Å². The summed E-state index contributed by atoms with van der Waals surface area (Å²) in [5, 5.41) is 0. The molecule has 0 aromatic heterocycles. The van der Waals surface area contributed by atoms with E-state index in [0.717, 1.165) is 22.6 Å². The highest BCUT2D eigenvalue weighted by Gasteiger charge is 2.04. The van der Waals surface area contributed by atoms with Crippen LogP contribution >= 0.6 is 0 Å². The van der Waals surface area contributed by atoms with Crippen LogP contribution in [-0.2, 0) is 0 Å². The number of nitrogens with two attached hydrogens (primary N) is 1. The van der Waals surface area contributed by atoms with Gasteiger partial charge in [0.25, 0.3) is 0 Å². The lowest BCUT2D eigenvalue weighted by Crippen LogP contribution is -2.05. The zero-order chi connectivity index (χ0) is 12.3. The Morgan fingerprint density at radius 2 is 1.71 bits per heavy atom. The summed E-state index contributed by atoms with van der Waals surface area (Å²) in [6.07, 6.45) is 0.164. The van der Waals surface area contributed by atoms with Crippen LogP contribution in [-0.4, -0.2) is 6.10 Å². The summed E-state index contributed by atoms with van der Waals surface area (Å²) in [5.41, 5.74) is 8.96. The number of hydrogen-bond donors (Lipinski definition) is 1. The lowest BCUT2D eigenvalue weighted by Gasteiger charge is -2.12. The molecule has 0 saturated carbocycles. The Kier molecular flexibility index (Phi) is 3.33. The van der Waals surface area contributed by atoms with E-state index in [1.54, 1.807) is 0 Å². The average molecular weight is 227 g/mol. The fourth-order valence-electron chi connectivity index (χ4n) is 1.77. The third-order valence-corrected chi connectivity index (χ3v) is 2.48. The van der Waals surface area contributed by atoms with Crippen LogP contribution in [0.3, 0.4) is 0 Å². The number of rotatable bonds is 3. The monoisotopic (exact) mass is 227 g/mol. The molecule has 0 aliphatic rings. The van der Waals surface area contributed by atoms with Crippen molar-refractivity contribution in [2.24, 2.45) is 0 Å². The number of nitrogen functional groups attached to an aromatic ring is 1. The lowest BCUT2D eigenvalue weighted by molar-refractivity contribution is 0.242. The first-order chi connectivity index (χ1) is 8.16. The minimum absolute atomic E-state index is 0.164. The van der Waals surface area contributed by atoms with Gasteiger partial charge in [0.1, 0.15) is 5.75 Å². The van der Waals surface area contributed by atoms with Gasteiger partial charge in [-0.1, -0.05) is 30.3 Å². The highest BCUT2D eigenvalue weighted by Crippen LogP contribution is 2.29. The first-order valence-electron chi connectivity index (χ1n) is 5.78. The van der Waals surface area contributed by atoms with Gasteiger partial charge in [-0.2, -0.15) is 0 Å². The molecule has 88 valence electrons. The molecule has 17 heavy (non-hydrogen) atoms. The van der Waals surface area contributed by atoms with E-state index in [2.05, 4.69) is 12.1 Å². The molecular formula is C15H17NO. The van der Waals surface area contributed by atoms with Gasteiger partial charge in [-0.15, -0.1) is 0 Å². The normalized spacial score (nSPS) is 10.5. The van der Waals surface area contributed by atoms with Gasteiger partial charge in [0.2, 0.25) is 0 Å². The molecule has 0 radical (unpaired) electrons. The molecule has 0 atom stereocenters. The van der Waals surface area contributed by atoms with Crippen molar-refractivity contribution in [3.63, 3.8) is 0 Å². The van der Waals surface area contributed by atoms with E-state index in [0.29, 0.717) is 0 Å². The Labute approximate surface area is 102 Å². The molecule has 0 aliphatic heterocycles. The Bertz CT molecular complexity index is 492. The molecule has 2 nitrogen and oxygen atoms in total. The van der Waals surface area contributed by atoms with E-state index in [-0.39, 0.29) is 6.10 Å². The maximum atomic E-state index is 6.05. The van der Waals surface area contributed by atoms with E-state index in [1.807, 2.05) is 50.2 Å². The van der Waals surface area contributed by atoms with E-state index >= 15 is 0 Å². The third-order valence-electron chi connectivity index (χ3n) is 2.48. The quantitative estimate of drug-likeness (QED) is 0.811. The van der Waals surface area contributed by atoms with Crippen molar-refractivity contribution in [1.29, 1.82) is 0 Å². The molecular weight excluding hydrogens is 210 g/mol. The Hall–Kier alpha value is -1.96. The van der Waals surface area contributed by atoms with Crippen LogP contribution in [0.4, 0.5) is 5.69 Å². The third kappa shape index (κ3) is 2.78. The predicted molar refractivity (Wildman–Crippen MR) is 72.1 cm³/mol. The fourth-order valence-corrected chi connectivity index (χ4v) is 1.77. The molecule has 0 aliphatic carbocycles. The van der Waals surface area contributed by atoms with Crippen molar-refractivity contribution in [2.45, 2.75) is 20.0 Å². The van der Waals surface area contributed by atoms with Crippen LogP contribution in [0, 0.1) is 0 Å². The second-order valence-corrected chi connectivity index (χ2v) is 4.28. The minimum atomic E-state index is 0.164. The van der Waals surface area contributed by atoms with Crippen molar-refractivity contribution >= 4 is 5.69 Å². The Morgan fingerprint density at radius 3 is 2.29 bits per heavy atom. The summed E-state index contributed by atoms with van der Waals surface area (Å²) in [6, 6.07) is 15.9. The summed E-state index contributed by atoms with van der Waals surface area (Å²) in [7, 11) is 0. The summed E-state index contributed by atoms with van der Waals surface area (Å²) in [6.45, 7) is 4.00. The van der Waals surface area contributed by atoms with E-state index in [4.69, 9.17) is 10.5 Å². The Balaban J connectivity index is 2.32. The largest absolute Gasteiger partial charge is 0.491 e. The second kappa shape index (κ2) is 4.91. The van der Waals surface area contributed by atoms with Gasteiger partial charge in [0.15, 0.2) is 0 Å². The summed E-state index contributed by atoms with van der Waals surface area (Å²) < 4.78 is 5.61. The minimum Gasteiger partial charge on any atom is -0.491 e. The highest BCUT2D eigenvalue weighted by molar-refractivity contribution is 5.77. The molecule has 0 bridgehead atoms. The molecule has 0 amide bonds. The number of benzene rings is 2. The van der Waals surface area contributed by atoms with E-state index < -0.39 is 0 Å². The van der Waals surface area contributed by atoms with Gasteiger partial charge in [-0.25, -0.2) is 0 Å². The predicted octanol–water partition coefficient (Wildman–Crippen LogP) is 3.72. The molecule has 0 fully saturated rings. The molecule has 0 unspecified atom stereocenters. The van der Waals surface area contributed by atoms with Gasteiger partial charge in [0.05, 0.1) is 6.10 Å². The fraction of sp³-hybridized carbons (Fsp3) is 0.200. The maximum Gasteiger partial charge on any atom is 0.121 e. The number of anilines is 1. The first-order valence-corrected chi connectivity index (χ1v) is 5.78. The Morgan fingerprint density at radius 1 is 1.00 bits per heavy atom. The molecule has 2 rings (SSSR count). The SMILES string of the molecule is CC(C)Oc1ccc(-c2ccccc2)c(N)c1. The van der Waals surface area contributed by atoms with E-state index in [9.17, 15) is 0 Å². The zero-order valence-corrected chi connectivity index (χ0v) is 10.2. The topological polar surface area (TPSA) is 35.2 Å². The lowest BCUT2D eigenvalue weighted by atomic mass is 10.0. The molecule has 2 N–H and O–H groups in total. The van der Waals surface area contributed by atoms with Gasteiger partial charge in [-0.05, 0) is 31.5 Å². The summed E-state index contributed by atoms with van der Waals surface area (Å²) >= 11 is 0. The standard InChI is InChI=1S/C15H17NO/c1-11(2)17-13-8-9-14(15(16)10-13)12-6-4-3-5-7-12/h3-11H,16H2,1-2H3. The van der Waals surface area contributed by atoms with Crippen LogP contribution in [0.2, 0.25) is 0 Å². The van der Waals surface area contributed by atoms with Crippen molar-refractivity contribution in [3.05, 3.63) is 48.5 Å².